The Hall–Kier alpha value is -3.43. The summed E-state index contributed by atoms with van der Waals surface area (Å²) in [5, 5.41) is 3.85. The van der Waals surface area contributed by atoms with E-state index >= 15 is 0 Å². The van der Waals surface area contributed by atoms with Crippen molar-refractivity contribution in [3.63, 3.8) is 0 Å². The van der Waals surface area contributed by atoms with E-state index in [0.717, 1.165) is 22.6 Å². The molecule has 0 bridgehead atoms. The van der Waals surface area contributed by atoms with Crippen molar-refractivity contribution in [2.75, 3.05) is 0 Å². The van der Waals surface area contributed by atoms with Gasteiger partial charge in [-0.3, -0.25) is 0 Å². The van der Waals surface area contributed by atoms with Gasteiger partial charge in [0.15, 0.2) is 0 Å². The average Bonchev–Trinajstić information content (AvgIpc) is 2.68. The van der Waals surface area contributed by atoms with E-state index < -0.39 is 0 Å². The number of hydrogen-bond acceptors (Lipinski definition) is 3. The first-order valence-electron chi connectivity index (χ1n) is 7.88. The molecule has 0 aromatic heterocycles. The van der Waals surface area contributed by atoms with Crippen molar-refractivity contribution in [2.24, 2.45) is 5.11 Å². The number of benzene rings is 3. The van der Waals surface area contributed by atoms with Crippen molar-refractivity contribution in [1.29, 1.82) is 0 Å². The molecule has 124 valence electrons. The molecule has 0 unspecified atom stereocenters. The highest BCUT2D eigenvalue weighted by atomic mass is 16.5. The Morgan fingerprint density at radius 2 is 1.16 bits per heavy atom. The fourth-order valence-electron chi connectivity index (χ4n) is 2.41. The van der Waals surface area contributed by atoms with Gasteiger partial charge in [-0.1, -0.05) is 59.7 Å². The number of hydrogen-bond donors (Lipinski definition) is 0. The third-order valence-corrected chi connectivity index (χ3v) is 3.62. The Bertz CT molecular complexity index is 799. The molecular weight excluding hydrogens is 314 g/mol. The van der Waals surface area contributed by atoms with Gasteiger partial charge in [0.2, 0.25) is 0 Å². The van der Waals surface area contributed by atoms with Crippen LogP contribution in [-0.4, -0.2) is 0 Å². The molecular formula is C20H17N3O2. The summed E-state index contributed by atoms with van der Waals surface area (Å²) in [5.74, 6) is 1.53. The molecule has 3 rings (SSSR count). The summed E-state index contributed by atoms with van der Waals surface area (Å²) in [6.07, 6.45) is 0. The Morgan fingerprint density at radius 1 is 0.680 bits per heavy atom. The minimum Gasteiger partial charge on any atom is -0.489 e. The SMILES string of the molecule is [N-]=[N+]=Nc1c(COc2ccccc2)cccc1COc1ccccc1. The van der Waals surface area contributed by atoms with Crippen molar-refractivity contribution in [3.8, 4) is 11.5 Å². The topological polar surface area (TPSA) is 67.2 Å². The van der Waals surface area contributed by atoms with Gasteiger partial charge >= 0.3 is 0 Å². The van der Waals surface area contributed by atoms with Gasteiger partial charge in [-0.2, -0.15) is 0 Å². The Morgan fingerprint density at radius 3 is 1.60 bits per heavy atom. The van der Waals surface area contributed by atoms with Crippen LogP contribution < -0.4 is 9.47 Å². The molecule has 5 nitrogen and oxygen atoms in total. The van der Waals surface area contributed by atoms with Gasteiger partial charge in [0, 0.05) is 4.91 Å². The molecule has 0 saturated carbocycles. The van der Waals surface area contributed by atoms with E-state index in [1.54, 1.807) is 0 Å². The van der Waals surface area contributed by atoms with Gasteiger partial charge in [0.25, 0.3) is 0 Å². The third kappa shape index (κ3) is 4.53. The maximum atomic E-state index is 8.92. The quantitative estimate of drug-likeness (QED) is 0.312. The van der Waals surface area contributed by atoms with Gasteiger partial charge in [0.1, 0.15) is 24.7 Å². The first-order chi connectivity index (χ1) is 12.4. The second-order valence-corrected chi connectivity index (χ2v) is 5.32. The molecule has 0 aliphatic carbocycles. The van der Waals surface area contributed by atoms with Crippen LogP contribution in [-0.2, 0) is 13.2 Å². The molecule has 3 aromatic rings. The van der Waals surface area contributed by atoms with Crippen LogP contribution in [0.1, 0.15) is 11.1 Å². The van der Waals surface area contributed by atoms with Crippen LogP contribution in [0.5, 0.6) is 11.5 Å². The Labute approximate surface area is 146 Å². The molecule has 0 N–H and O–H groups in total. The van der Waals surface area contributed by atoms with Gasteiger partial charge in [-0.25, -0.2) is 0 Å². The van der Waals surface area contributed by atoms with Gasteiger partial charge in [-0.15, -0.1) is 0 Å². The van der Waals surface area contributed by atoms with Crippen LogP contribution in [0.2, 0.25) is 0 Å². The maximum Gasteiger partial charge on any atom is 0.119 e. The maximum absolute atomic E-state index is 8.92. The molecule has 0 heterocycles. The van der Waals surface area contributed by atoms with Crippen LogP contribution in [0, 0.1) is 0 Å². The average molecular weight is 331 g/mol. The van der Waals surface area contributed by atoms with Crippen LogP contribution in [0.15, 0.2) is 84.0 Å². The zero-order chi connectivity index (χ0) is 17.3. The zero-order valence-electron chi connectivity index (χ0n) is 13.6. The van der Waals surface area contributed by atoms with Crippen molar-refractivity contribution in [1.82, 2.24) is 0 Å². The molecule has 5 heteroatoms. The lowest BCUT2D eigenvalue weighted by molar-refractivity contribution is 0.301. The van der Waals surface area contributed by atoms with Crippen molar-refractivity contribution >= 4 is 5.69 Å². The van der Waals surface area contributed by atoms with E-state index in [9.17, 15) is 0 Å². The Kier molecular flexibility index (Phi) is 5.54. The molecule has 0 amide bonds. The summed E-state index contributed by atoms with van der Waals surface area (Å²) in [4.78, 5) is 2.95. The lowest BCUT2D eigenvalue weighted by atomic mass is 10.1. The lowest BCUT2D eigenvalue weighted by Crippen LogP contribution is -2.00. The number of rotatable bonds is 7. The third-order valence-electron chi connectivity index (χ3n) is 3.62. The lowest BCUT2D eigenvalue weighted by Gasteiger charge is -2.13. The Balaban J connectivity index is 1.77. The van der Waals surface area contributed by atoms with Crippen LogP contribution in [0.25, 0.3) is 10.4 Å². The first kappa shape index (κ1) is 16.4. The van der Waals surface area contributed by atoms with E-state index in [4.69, 9.17) is 15.0 Å². The molecule has 0 fully saturated rings. The van der Waals surface area contributed by atoms with E-state index in [1.165, 1.54) is 0 Å². The fraction of sp³-hybridized carbons (Fsp3) is 0.100. The predicted molar refractivity (Wildman–Crippen MR) is 96.8 cm³/mol. The zero-order valence-corrected chi connectivity index (χ0v) is 13.6. The number of ether oxygens (including phenoxy) is 2. The van der Waals surface area contributed by atoms with Crippen LogP contribution in [0.3, 0.4) is 0 Å². The minimum atomic E-state index is 0.317. The van der Waals surface area contributed by atoms with Crippen molar-refractivity contribution in [3.05, 3.63) is 100 Å². The van der Waals surface area contributed by atoms with Gasteiger partial charge in [-0.05, 0) is 40.9 Å². The monoisotopic (exact) mass is 331 g/mol. The standard InChI is InChI=1S/C20H17N3O2/c21-23-22-20-16(14-24-18-10-3-1-4-11-18)8-7-9-17(20)15-25-19-12-5-2-6-13-19/h1-13H,14-15H2. The normalized spacial score (nSPS) is 9.92. The number of para-hydroxylation sites is 2. The van der Waals surface area contributed by atoms with Crippen molar-refractivity contribution in [2.45, 2.75) is 13.2 Å². The van der Waals surface area contributed by atoms with E-state index in [-0.39, 0.29) is 0 Å². The van der Waals surface area contributed by atoms with Crippen molar-refractivity contribution < 1.29 is 9.47 Å². The summed E-state index contributed by atoms with van der Waals surface area (Å²) in [5.41, 5.74) is 11.1. The predicted octanol–water partition coefficient (Wildman–Crippen LogP) is 5.79. The molecule has 0 atom stereocenters. The summed E-state index contributed by atoms with van der Waals surface area (Å²) >= 11 is 0. The summed E-state index contributed by atoms with van der Waals surface area (Å²) < 4.78 is 11.5. The fourth-order valence-corrected chi connectivity index (χ4v) is 2.41. The molecule has 3 aromatic carbocycles. The van der Waals surface area contributed by atoms with E-state index in [1.807, 2.05) is 78.9 Å². The number of nitrogens with zero attached hydrogens (tertiary/aromatic N) is 3. The van der Waals surface area contributed by atoms with Crippen LogP contribution >= 0.6 is 0 Å². The molecule has 0 aliphatic heterocycles. The minimum absolute atomic E-state index is 0.317. The van der Waals surface area contributed by atoms with E-state index in [0.29, 0.717) is 18.9 Å². The largest absolute Gasteiger partial charge is 0.489 e. The highest BCUT2D eigenvalue weighted by Gasteiger charge is 2.09. The highest BCUT2D eigenvalue weighted by molar-refractivity contribution is 5.53. The first-order valence-corrected chi connectivity index (χ1v) is 7.88. The molecule has 0 radical (unpaired) electrons. The van der Waals surface area contributed by atoms with Gasteiger partial charge < -0.3 is 9.47 Å². The van der Waals surface area contributed by atoms with Gasteiger partial charge in [0.05, 0.1) is 5.69 Å². The molecule has 25 heavy (non-hydrogen) atoms. The number of azide groups is 1. The highest BCUT2D eigenvalue weighted by Crippen LogP contribution is 2.27. The summed E-state index contributed by atoms with van der Waals surface area (Å²) in [6, 6.07) is 24.7. The second-order valence-electron chi connectivity index (χ2n) is 5.32. The second kappa shape index (κ2) is 8.43. The molecule has 0 saturated heterocycles. The smallest absolute Gasteiger partial charge is 0.119 e. The summed E-state index contributed by atoms with van der Waals surface area (Å²) in [7, 11) is 0. The van der Waals surface area contributed by atoms with E-state index in [2.05, 4.69) is 10.0 Å². The summed E-state index contributed by atoms with van der Waals surface area (Å²) in [6.45, 7) is 0.634. The van der Waals surface area contributed by atoms with Crippen LogP contribution in [0.4, 0.5) is 5.69 Å². The molecule has 0 aliphatic rings. The molecule has 0 spiro atoms.